The Morgan fingerprint density at radius 1 is 1.03 bits per heavy atom. The number of carbonyl (C=O) groups excluding carboxylic acids is 1. The molecule has 11 heteroatoms. The predicted octanol–water partition coefficient (Wildman–Crippen LogP) is 6.71. The average Bonchev–Trinajstić information content (AvgIpc) is 3.39. The fourth-order valence-corrected chi connectivity index (χ4v) is 6.30. The van der Waals surface area contributed by atoms with Gasteiger partial charge in [0, 0.05) is 11.9 Å². The maximum Gasteiger partial charge on any atom is 0.405 e. The van der Waals surface area contributed by atoms with E-state index in [2.05, 4.69) is 10.3 Å². The van der Waals surface area contributed by atoms with Crippen LogP contribution in [0.5, 0.6) is 0 Å². The van der Waals surface area contributed by atoms with Crippen molar-refractivity contribution in [1.82, 2.24) is 4.90 Å². The number of fused-ring (bicyclic) bond motifs is 1. The molecule has 5 rings (SSSR count). The number of halogens is 3. The largest absolute Gasteiger partial charge is 0.405 e. The highest BCUT2D eigenvalue weighted by atomic mass is 32.2. The molecule has 1 amide bonds. The molecule has 2 heterocycles. The third kappa shape index (κ3) is 5.37. The van der Waals surface area contributed by atoms with Crippen molar-refractivity contribution < 1.29 is 18.0 Å². The molecule has 2 aliphatic rings. The Hall–Kier alpha value is -3.88. The second-order valence-electron chi connectivity index (χ2n) is 8.45. The molecule has 1 fully saturated rings. The molecule has 3 aromatic carbocycles. The van der Waals surface area contributed by atoms with Gasteiger partial charge in [-0.2, -0.15) is 18.4 Å². The van der Waals surface area contributed by atoms with Gasteiger partial charge < -0.3 is 10.2 Å². The zero-order valence-electron chi connectivity index (χ0n) is 20.0. The quantitative estimate of drug-likeness (QED) is 0.356. The van der Waals surface area contributed by atoms with Gasteiger partial charge in [-0.25, -0.2) is 4.99 Å². The number of nitrogens with one attached hydrogen (secondary N) is 1. The molecule has 3 aromatic rings. The minimum atomic E-state index is -4.44. The summed E-state index contributed by atoms with van der Waals surface area (Å²) in [6.07, 6.45) is -4.44. The summed E-state index contributed by atoms with van der Waals surface area (Å²) in [4.78, 5) is 23.4. The number of nitriles is 1. The van der Waals surface area contributed by atoms with E-state index in [1.807, 2.05) is 72.6 Å². The van der Waals surface area contributed by atoms with Crippen LogP contribution in [0.15, 0.2) is 92.6 Å². The molecule has 192 valence electrons. The Kier molecular flexibility index (Phi) is 7.10. The monoisotopic (exact) mass is 551 g/mol. The fourth-order valence-electron chi connectivity index (χ4n) is 3.97. The van der Waals surface area contributed by atoms with Crippen LogP contribution in [0.3, 0.4) is 0 Å². The van der Waals surface area contributed by atoms with E-state index < -0.39 is 12.7 Å². The lowest BCUT2D eigenvalue weighted by Gasteiger charge is -2.17. The number of thioether (sulfide) groups is 2. The summed E-state index contributed by atoms with van der Waals surface area (Å²) in [5, 5.41) is 12.8. The van der Waals surface area contributed by atoms with E-state index in [0.717, 1.165) is 21.2 Å². The molecule has 1 N–H and O–H groups in total. The van der Waals surface area contributed by atoms with Crippen molar-refractivity contribution in [3.8, 4) is 6.07 Å². The van der Waals surface area contributed by atoms with Crippen molar-refractivity contribution in [3.63, 3.8) is 0 Å². The molecular weight excluding hydrogens is 531 g/mol. The lowest BCUT2D eigenvalue weighted by molar-refractivity contribution is -0.122. The number of alkyl halides is 3. The van der Waals surface area contributed by atoms with Crippen LogP contribution in [0.2, 0.25) is 0 Å². The normalized spacial score (nSPS) is 18.2. The van der Waals surface area contributed by atoms with Gasteiger partial charge in [0.25, 0.3) is 5.91 Å². The molecule has 0 unspecified atom stereocenters. The number of hydrogen-bond acceptors (Lipinski definition) is 7. The fraction of sp³-hybridized carbons (Fsp3) is 0.148. The number of nitrogens with zero attached hydrogens (tertiary/aromatic N) is 4. The molecule has 0 aliphatic carbocycles. The predicted molar refractivity (Wildman–Crippen MR) is 145 cm³/mol. The minimum Gasteiger partial charge on any atom is -0.375 e. The van der Waals surface area contributed by atoms with Gasteiger partial charge in [-0.3, -0.25) is 9.69 Å². The average molecular weight is 552 g/mol. The number of rotatable bonds is 5. The van der Waals surface area contributed by atoms with E-state index in [0.29, 0.717) is 10.1 Å². The number of aliphatic imine (C=N–C) groups is 1. The Bertz CT molecular complexity index is 1500. The summed E-state index contributed by atoms with van der Waals surface area (Å²) < 4.78 is 38.8. The Morgan fingerprint density at radius 2 is 1.76 bits per heavy atom. The van der Waals surface area contributed by atoms with E-state index in [9.17, 15) is 23.2 Å². The Morgan fingerprint density at radius 3 is 2.47 bits per heavy atom. The standard InChI is InChI=1S/C27H20F3N5OS2/c1-34-21-9-5-6-10-22(21)37-25(34)23-24(36)35(15-17-7-3-2-4-8-17)26(38-23)33-20-13-18(14-31)11-12-19(20)32-16-27(28,29)30/h2-13,32H,15-16H2,1H3/b25-23-,33-26-. The molecule has 0 aromatic heterocycles. The van der Waals surface area contributed by atoms with Crippen molar-refractivity contribution in [1.29, 1.82) is 5.26 Å². The van der Waals surface area contributed by atoms with Crippen molar-refractivity contribution in [2.75, 3.05) is 23.8 Å². The summed E-state index contributed by atoms with van der Waals surface area (Å²) in [6.45, 7) is -1.03. The molecule has 2 aliphatic heterocycles. The van der Waals surface area contributed by atoms with Crippen LogP contribution in [0.1, 0.15) is 11.1 Å². The maximum absolute atomic E-state index is 13.8. The van der Waals surface area contributed by atoms with Crippen LogP contribution in [0, 0.1) is 11.3 Å². The van der Waals surface area contributed by atoms with E-state index in [1.54, 1.807) is 0 Å². The van der Waals surface area contributed by atoms with Crippen molar-refractivity contribution in [3.05, 3.63) is 93.9 Å². The highest BCUT2D eigenvalue weighted by Crippen LogP contribution is 2.50. The smallest absolute Gasteiger partial charge is 0.375 e. The first-order chi connectivity index (χ1) is 18.2. The van der Waals surface area contributed by atoms with Gasteiger partial charge >= 0.3 is 6.18 Å². The number of carbonyl (C=O) groups is 1. The third-order valence-electron chi connectivity index (χ3n) is 5.80. The van der Waals surface area contributed by atoms with Gasteiger partial charge in [0.05, 0.1) is 40.3 Å². The molecule has 1 saturated heterocycles. The van der Waals surface area contributed by atoms with Crippen LogP contribution in [0.4, 0.5) is 30.2 Å². The summed E-state index contributed by atoms with van der Waals surface area (Å²) >= 11 is 2.65. The summed E-state index contributed by atoms with van der Waals surface area (Å²) in [5.74, 6) is -0.249. The Balaban J connectivity index is 1.57. The van der Waals surface area contributed by atoms with E-state index in [1.165, 1.54) is 46.6 Å². The zero-order valence-corrected chi connectivity index (χ0v) is 21.6. The van der Waals surface area contributed by atoms with Gasteiger partial charge in [0.1, 0.15) is 11.4 Å². The number of amidine groups is 1. The van der Waals surface area contributed by atoms with Crippen LogP contribution in [-0.2, 0) is 11.3 Å². The van der Waals surface area contributed by atoms with Crippen LogP contribution >= 0.6 is 23.5 Å². The summed E-state index contributed by atoms with van der Waals surface area (Å²) in [6, 6.07) is 23.4. The first kappa shape index (κ1) is 25.8. The van der Waals surface area contributed by atoms with Crippen LogP contribution < -0.4 is 10.2 Å². The van der Waals surface area contributed by atoms with E-state index >= 15 is 0 Å². The zero-order chi connectivity index (χ0) is 26.9. The molecular formula is C27H20F3N5OS2. The topological polar surface area (TPSA) is 71.7 Å². The molecule has 0 radical (unpaired) electrons. The number of amides is 1. The van der Waals surface area contributed by atoms with Gasteiger partial charge in [-0.05, 0) is 47.7 Å². The summed E-state index contributed by atoms with van der Waals surface area (Å²) in [5.41, 5.74) is 2.35. The lowest BCUT2D eigenvalue weighted by Crippen LogP contribution is -2.29. The third-order valence-corrected chi connectivity index (χ3v) is 8.23. The molecule has 0 spiro atoms. The second-order valence-corrected chi connectivity index (χ2v) is 10.5. The second kappa shape index (κ2) is 10.5. The number of para-hydroxylation sites is 1. The molecule has 0 saturated carbocycles. The summed E-state index contributed by atoms with van der Waals surface area (Å²) in [7, 11) is 1.89. The van der Waals surface area contributed by atoms with Crippen LogP contribution in [-0.4, -0.2) is 35.7 Å². The van der Waals surface area contributed by atoms with Crippen LogP contribution in [0.25, 0.3) is 0 Å². The van der Waals surface area contributed by atoms with Crippen molar-refractivity contribution in [2.45, 2.75) is 17.6 Å². The molecule has 6 nitrogen and oxygen atoms in total. The Labute approximate surface area is 225 Å². The number of benzene rings is 3. The molecule has 0 atom stereocenters. The van der Waals surface area contributed by atoms with Gasteiger partial charge in [-0.15, -0.1) is 0 Å². The molecule has 0 bridgehead atoms. The van der Waals surface area contributed by atoms with Gasteiger partial charge in [-0.1, -0.05) is 54.2 Å². The SMILES string of the molecule is CN1/C(=C2/S/C(=N\c3cc(C#N)ccc3NCC(F)(F)F)N(Cc3ccccc3)C2=O)Sc2ccccc21. The highest BCUT2D eigenvalue weighted by molar-refractivity contribution is 8.19. The minimum absolute atomic E-state index is 0.113. The lowest BCUT2D eigenvalue weighted by atomic mass is 10.2. The maximum atomic E-state index is 13.8. The number of anilines is 2. The number of hydrogen-bond donors (Lipinski definition) is 1. The van der Waals surface area contributed by atoms with Gasteiger partial charge in [0.15, 0.2) is 5.17 Å². The van der Waals surface area contributed by atoms with E-state index in [4.69, 9.17) is 0 Å². The highest BCUT2D eigenvalue weighted by Gasteiger charge is 2.39. The van der Waals surface area contributed by atoms with Crippen molar-refractivity contribution >= 4 is 51.7 Å². The van der Waals surface area contributed by atoms with Gasteiger partial charge in [0.2, 0.25) is 0 Å². The van der Waals surface area contributed by atoms with E-state index in [-0.39, 0.29) is 29.4 Å². The first-order valence-electron chi connectivity index (χ1n) is 11.5. The first-order valence-corrected chi connectivity index (χ1v) is 13.1. The van der Waals surface area contributed by atoms with Crippen molar-refractivity contribution in [2.24, 2.45) is 4.99 Å². The molecule has 38 heavy (non-hydrogen) atoms.